The fraction of sp³-hybridized carbons (Fsp3) is 0.250. The summed E-state index contributed by atoms with van der Waals surface area (Å²) in [6, 6.07) is 11.7. The van der Waals surface area contributed by atoms with E-state index in [2.05, 4.69) is 0 Å². The number of alkyl halides is 3. The average Bonchev–Trinajstić information content (AvgIpc) is 2.42. The van der Waals surface area contributed by atoms with E-state index in [-0.39, 0.29) is 17.5 Å². The van der Waals surface area contributed by atoms with Crippen LogP contribution >= 0.6 is 0 Å². The zero-order valence-corrected chi connectivity index (χ0v) is 11.6. The minimum absolute atomic E-state index is 0.107. The van der Waals surface area contributed by atoms with Gasteiger partial charge in [0.1, 0.15) is 5.41 Å². The highest BCUT2D eigenvalue weighted by Gasteiger charge is 2.55. The van der Waals surface area contributed by atoms with Crippen molar-refractivity contribution < 1.29 is 13.2 Å². The molecule has 2 rings (SSSR count). The van der Waals surface area contributed by atoms with Gasteiger partial charge in [-0.2, -0.15) is 13.2 Å². The average molecular weight is 294 g/mol. The van der Waals surface area contributed by atoms with Crippen LogP contribution in [0.1, 0.15) is 24.5 Å². The van der Waals surface area contributed by atoms with Crippen molar-refractivity contribution in [1.29, 1.82) is 0 Å². The molecule has 0 saturated heterocycles. The van der Waals surface area contributed by atoms with Gasteiger partial charge in [-0.05, 0) is 41.8 Å². The molecule has 112 valence electrons. The lowest BCUT2D eigenvalue weighted by molar-refractivity contribution is -0.179. The summed E-state index contributed by atoms with van der Waals surface area (Å²) >= 11 is 0. The number of rotatable bonds is 3. The Labute approximate surface area is 121 Å². The molecule has 0 aliphatic heterocycles. The van der Waals surface area contributed by atoms with Crippen LogP contribution in [0.5, 0.6) is 0 Å². The van der Waals surface area contributed by atoms with Gasteiger partial charge in [-0.3, -0.25) is 0 Å². The summed E-state index contributed by atoms with van der Waals surface area (Å²) in [4.78, 5) is 0. The quantitative estimate of drug-likeness (QED) is 0.837. The Kier molecular flexibility index (Phi) is 3.85. The fourth-order valence-electron chi connectivity index (χ4n) is 2.64. The van der Waals surface area contributed by atoms with E-state index in [1.54, 1.807) is 0 Å². The van der Waals surface area contributed by atoms with Gasteiger partial charge in [-0.1, -0.05) is 31.2 Å². The Balaban J connectivity index is 2.69. The minimum Gasteiger partial charge on any atom is -0.399 e. The van der Waals surface area contributed by atoms with Crippen molar-refractivity contribution in [2.45, 2.75) is 24.9 Å². The molecule has 0 bridgehead atoms. The summed E-state index contributed by atoms with van der Waals surface area (Å²) in [5, 5.41) is 0. The van der Waals surface area contributed by atoms with Crippen LogP contribution in [-0.4, -0.2) is 6.18 Å². The van der Waals surface area contributed by atoms with Crippen LogP contribution < -0.4 is 11.5 Å². The van der Waals surface area contributed by atoms with Crippen molar-refractivity contribution in [3.63, 3.8) is 0 Å². The van der Waals surface area contributed by atoms with Gasteiger partial charge in [0.2, 0.25) is 0 Å². The number of anilines is 2. The van der Waals surface area contributed by atoms with Crippen molar-refractivity contribution in [2.75, 3.05) is 11.5 Å². The highest BCUT2D eigenvalue weighted by atomic mass is 19.4. The first-order chi connectivity index (χ1) is 9.81. The molecule has 2 aromatic rings. The molecule has 0 aliphatic carbocycles. The lowest BCUT2D eigenvalue weighted by Gasteiger charge is -2.36. The van der Waals surface area contributed by atoms with Crippen LogP contribution in [0.4, 0.5) is 24.5 Å². The Morgan fingerprint density at radius 1 is 0.762 bits per heavy atom. The number of hydrogen-bond acceptors (Lipinski definition) is 2. The van der Waals surface area contributed by atoms with Gasteiger partial charge < -0.3 is 11.5 Å². The zero-order valence-electron chi connectivity index (χ0n) is 11.6. The Bertz CT molecular complexity index is 555. The molecule has 0 radical (unpaired) electrons. The highest BCUT2D eigenvalue weighted by Crippen LogP contribution is 2.48. The van der Waals surface area contributed by atoms with Crippen LogP contribution in [0, 0.1) is 0 Å². The molecule has 0 aromatic heterocycles. The molecule has 5 heteroatoms. The van der Waals surface area contributed by atoms with E-state index < -0.39 is 11.6 Å². The van der Waals surface area contributed by atoms with E-state index in [1.165, 1.54) is 55.5 Å². The molecule has 0 amide bonds. The van der Waals surface area contributed by atoms with Crippen molar-refractivity contribution in [3.8, 4) is 0 Å². The van der Waals surface area contributed by atoms with E-state index in [9.17, 15) is 13.2 Å². The first kappa shape index (κ1) is 15.2. The molecule has 0 fully saturated rings. The second-order valence-electron chi connectivity index (χ2n) is 5.00. The number of benzene rings is 2. The summed E-state index contributed by atoms with van der Waals surface area (Å²) < 4.78 is 41.7. The molecule has 0 atom stereocenters. The molecule has 4 N–H and O–H groups in total. The summed E-state index contributed by atoms with van der Waals surface area (Å²) in [5.41, 5.74) is 10.3. The number of nitrogens with two attached hydrogens (primary N) is 2. The predicted octanol–water partition coefficient (Wildman–Crippen LogP) is 4.11. The summed E-state index contributed by atoms with van der Waals surface area (Å²) in [6.45, 7) is 1.53. The van der Waals surface area contributed by atoms with Crippen molar-refractivity contribution in [1.82, 2.24) is 0 Å². The van der Waals surface area contributed by atoms with Crippen molar-refractivity contribution in [2.24, 2.45) is 0 Å². The molecular formula is C16H17F3N2. The van der Waals surface area contributed by atoms with Gasteiger partial charge in [0.15, 0.2) is 0 Å². The van der Waals surface area contributed by atoms with Gasteiger partial charge in [-0.15, -0.1) is 0 Å². The molecular weight excluding hydrogens is 277 g/mol. The van der Waals surface area contributed by atoms with Crippen LogP contribution in [0.2, 0.25) is 0 Å². The lowest BCUT2D eigenvalue weighted by atomic mass is 9.71. The van der Waals surface area contributed by atoms with E-state index in [0.29, 0.717) is 11.4 Å². The molecule has 0 aliphatic rings. The van der Waals surface area contributed by atoms with Gasteiger partial charge in [-0.25, -0.2) is 0 Å². The van der Waals surface area contributed by atoms with Crippen LogP contribution in [0.15, 0.2) is 48.5 Å². The van der Waals surface area contributed by atoms with Gasteiger partial charge in [0.05, 0.1) is 0 Å². The summed E-state index contributed by atoms with van der Waals surface area (Å²) in [7, 11) is 0. The summed E-state index contributed by atoms with van der Waals surface area (Å²) in [5.74, 6) is 0. The monoisotopic (exact) mass is 294 g/mol. The minimum atomic E-state index is -4.42. The van der Waals surface area contributed by atoms with E-state index in [1.807, 2.05) is 0 Å². The molecule has 2 nitrogen and oxygen atoms in total. The smallest absolute Gasteiger partial charge is 0.399 e. The Hall–Kier alpha value is -2.17. The van der Waals surface area contributed by atoms with Gasteiger partial charge in [0.25, 0.3) is 0 Å². The maximum atomic E-state index is 13.9. The third-order valence-electron chi connectivity index (χ3n) is 3.82. The van der Waals surface area contributed by atoms with Crippen molar-refractivity contribution in [3.05, 3.63) is 59.7 Å². The standard InChI is InChI=1S/C16H17F3N2/c1-2-15(16(17,18)19,11-3-7-13(20)8-4-11)12-5-9-14(21)10-6-12/h3-10H,2,20-21H2,1H3. The van der Waals surface area contributed by atoms with Crippen LogP contribution in [0.25, 0.3) is 0 Å². The third kappa shape index (κ3) is 2.55. The Morgan fingerprint density at radius 3 is 1.33 bits per heavy atom. The normalized spacial score (nSPS) is 12.4. The topological polar surface area (TPSA) is 52.0 Å². The van der Waals surface area contributed by atoms with E-state index >= 15 is 0 Å². The predicted molar refractivity (Wildman–Crippen MR) is 78.8 cm³/mol. The molecule has 0 heterocycles. The van der Waals surface area contributed by atoms with E-state index in [4.69, 9.17) is 11.5 Å². The molecule has 21 heavy (non-hydrogen) atoms. The molecule has 0 saturated carbocycles. The highest BCUT2D eigenvalue weighted by molar-refractivity contribution is 5.49. The fourth-order valence-corrected chi connectivity index (χ4v) is 2.64. The van der Waals surface area contributed by atoms with Gasteiger partial charge in [0, 0.05) is 11.4 Å². The first-order valence-electron chi connectivity index (χ1n) is 6.60. The zero-order chi connectivity index (χ0) is 15.7. The number of halogens is 3. The third-order valence-corrected chi connectivity index (χ3v) is 3.82. The first-order valence-corrected chi connectivity index (χ1v) is 6.60. The van der Waals surface area contributed by atoms with Gasteiger partial charge >= 0.3 is 6.18 Å². The second-order valence-corrected chi connectivity index (χ2v) is 5.00. The van der Waals surface area contributed by atoms with E-state index in [0.717, 1.165) is 0 Å². The largest absolute Gasteiger partial charge is 0.402 e. The van der Waals surface area contributed by atoms with Crippen LogP contribution in [-0.2, 0) is 5.41 Å². The Morgan fingerprint density at radius 2 is 1.10 bits per heavy atom. The molecule has 0 unspecified atom stereocenters. The number of nitrogen functional groups attached to an aromatic ring is 2. The summed E-state index contributed by atoms with van der Waals surface area (Å²) in [6.07, 6.45) is -4.53. The number of hydrogen-bond donors (Lipinski definition) is 2. The van der Waals surface area contributed by atoms with Crippen LogP contribution in [0.3, 0.4) is 0 Å². The molecule has 2 aromatic carbocycles. The maximum Gasteiger partial charge on any atom is 0.402 e. The second kappa shape index (κ2) is 5.31. The lowest BCUT2D eigenvalue weighted by Crippen LogP contribution is -2.43. The maximum absolute atomic E-state index is 13.9. The SMILES string of the molecule is CCC(c1ccc(N)cc1)(c1ccc(N)cc1)C(F)(F)F. The van der Waals surface area contributed by atoms with Crippen molar-refractivity contribution >= 4 is 11.4 Å². The molecule has 0 spiro atoms.